The van der Waals surface area contributed by atoms with Gasteiger partial charge in [0.1, 0.15) is 5.58 Å². The van der Waals surface area contributed by atoms with Crippen molar-refractivity contribution in [3.05, 3.63) is 97.4 Å². The second-order valence-electron chi connectivity index (χ2n) is 9.61. The Hall–Kier alpha value is -3.77. The van der Waals surface area contributed by atoms with Gasteiger partial charge in [0, 0.05) is 10.7 Å². The zero-order chi connectivity index (χ0) is 27.1. The molecule has 0 aliphatic carbocycles. The van der Waals surface area contributed by atoms with E-state index in [0.717, 1.165) is 23.1 Å². The van der Waals surface area contributed by atoms with Crippen molar-refractivity contribution in [2.75, 3.05) is 18.1 Å². The van der Waals surface area contributed by atoms with Gasteiger partial charge >= 0.3 is 0 Å². The number of amides is 1. The smallest absolute Gasteiger partial charge is 0.295 e. The molecule has 0 fully saturated rings. The summed E-state index contributed by atoms with van der Waals surface area (Å²) in [6.07, 6.45) is 0.854. The van der Waals surface area contributed by atoms with Gasteiger partial charge in [0.15, 0.2) is 16.9 Å². The maximum atomic E-state index is 14.0. The van der Waals surface area contributed by atoms with E-state index in [4.69, 9.17) is 25.5 Å². The van der Waals surface area contributed by atoms with Gasteiger partial charge in [-0.05, 0) is 92.8 Å². The molecule has 3 aromatic carbocycles. The van der Waals surface area contributed by atoms with Gasteiger partial charge in [0.2, 0.25) is 5.76 Å². The van der Waals surface area contributed by atoms with E-state index >= 15 is 0 Å². The highest BCUT2D eigenvalue weighted by Gasteiger charge is 2.44. The van der Waals surface area contributed by atoms with Crippen LogP contribution in [-0.4, -0.2) is 19.1 Å². The van der Waals surface area contributed by atoms with Crippen LogP contribution >= 0.6 is 11.6 Å². The molecule has 0 bridgehead atoms. The summed E-state index contributed by atoms with van der Waals surface area (Å²) in [6, 6.07) is 13.9. The van der Waals surface area contributed by atoms with Gasteiger partial charge in [-0.25, -0.2) is 0 Å². The Morgan fingerprint density at radius 3 is 2.37 bits per heavy atom. The lowest BCUT2D eigenvalue weighted by molar-refractivity contribution is 0.0971. The van der Waals surface area contributed by atoms with Crippen molar-refractivity contribution in [3.63, 3.8) is 0 Å². The molecule has 6 nitrogen and oxygen atoms in total. The summed E-state index contributed by atoms with van der Waals surface area (Å²) in [6.45, 7) is 10.7. The molecule has 1 unspecified atom stereocenters. The number of anilines is 1. The summed E-state index contributed by atoms with van der Waals surface area (Å²) in [7, 11) is 0. The summed E-state index contributed by atoms with van der Waals surface area (Å²) >= 11 is 6.47. The molecule has 1 aliphatic rings. The van der Waals surface area contributed by atoms with Crippen LogP contribution in [0.3, 0.4) is 0 Å². The molecule has 0 N–H and O–H groups in total. The van der Waals surface area contributed by atoms with Gasteiger partial charge in [-0.2, -0.15) is 0 Å². The topological polar surface area (TPSA) is 69.0 Å². The lowest BCUT2D eigenvalue weighted by atomic mass is 9.96. The number of aryl methyl sites for hydroxylation is 3. The summed E-state index contributed by atoms with van der Waals surface area (Å²) in [5, 5.41) is 0.973. The standard InChI is InChI=1S/C31H30ClNO5/c1-6-12-37-24-11-9-20(15-26(24)36-7-2)28-27-29(34)22-13-18(4)19(5)14-25(22)38-30(27)31(35)33(28)21-10-8-17(3)23(32)16-21/h8-11,13-16,28H,6-7,12H2,1-5H3. The molecule has 1 atom stereocenters. The number of benzene rings is 3. The Kier molecular flexibility index (Phi) is 6.93. The van der Waals surface area contributed by atoms with Crippen LogP contribution in [0.1, 0.15) is 64.7 Å². The first-order valence-electron chi connectivity index (χ1n) is 12.8. The number of hydrogen-bond acceptors (Lipinski definition) is 5. The lowest BCUT2D eigenvalue weighted by Crippen LogP contribution is -2.29. The molecule has 38 heavy (non-hydrogen) atoms. The quantitative estimate of drug-likeness (QED) is 0.250. The van der Waals surface area contributed by atoms with E-state index in [0.29, 0.717) is 57.5 Å². The van der Waals surface area contributed by atoms with Crippen molar-refractivity contribution >= 4 is 34.2 Å². The fourth-order valence-corrected chi connectivity index (χ4v) is 5.01. The molecule has 196 valence electrons. The second-order valence-corrected chi connectivity index (χ2v) is 10.0. The largest absolute Gasteiger partial charge is 0.490 e. The summed E-state index contributed by atoms with van der Waals surface area (Å²) in [5.74, 6) is 0.810. The third kappa shape index (κ3) is 4.33. The number of halogens is 1. The maximum absolute atomic E-state index is 14.0. The number of carbonyl (C=O) groups excluding carboxylic acids is 1. The summed E-state index contributed by atoms with van der Waals surface area (Å²) in [5.41, 5.74) is 4.58. The van der Waals surface area contributed by atoms with Crippen molar-refractivity contribution in [1.82, 2.24) is 0 Å². The number of carbonyl (C=O) groups is 1. The maximum Gasteiger partial charge on any atom is 0.295 e. The highest BCUT2D eigenvalue weighted by Crippen LogP contribution is 2.44. The number of fused-ring (bicyclic) bond motifs is 2. The fraction of sp³-hybridized carbons (Fsp3) is 0.290. The van der Waals surface area contributed by atoms with Crippen LogP contribution < -0.4 is 19.8 Å². The molecule has 1 aromatic heterocycles. The summed E-state index contributed by atoms with van der Waals surface area (Å²) < 4.78 is 18.0. The molecule has 0 saturated carbocycles. The first-order valence-corrected chi connectivity index (χ1v) is 13.2. The van der Waals surface area contributed by atoms with Crippen molar-refractivity contribution in [1.29, 1.82) is 0 Å². The lowest BCUT2D eigenvalue weighted by Gasteiger charge is -2.26. The van der Waals surface area contributed by atoms with E-state index in [1.807, 2.05) is 77.1 Å². The molecule has 0 saturated heterocycles. The van der Waals surface area contributed by atoms with Crippen LogP contribution in [0.2, 0.25) is 5.02 Å². The number of rotatable bonds is 7. The van der Waals surface area contributed by atoms with Gasteiger partial charge in [0.05, 0.1) is 30.2 Å². The minimum absolute atomic E-state index is 0.0386. The van der Waals surface area contributed by atoms with Crippen LogP contribution in [0.5, 0.6) is 11.5 Å². The third-order valence-electron chi connectivity index (χ3n) is 6.97. The molecule has 1 aliphatic heterocycles. The molecule has 4 aromatic rings. The first-order chi connectivity index (χ1) is 18.2. The molecule has 0 radical (unpaired) electrons. The van der Waals surface area contributed by atoms with Gasteiger partial charge in [-0.3, -0.25) is 14.5 Å². The van der Waals surface area contributed by atoms with Gasteiger partial charge in [-0.1, -0.05) is 30.7 Å². The highest BCUT2D eigenvalue weighted by atomic mass is 35.5. The zero-order valence-electron chi connectivity index (χ0n) is 22.2. The average Bonchev–Trinajstić information content (AvgIpc) is 3.18. The van der Waals surface area contributed by atoms with Gasteiger partial charge < -0.3 is 13.9 Å². The zero-order valence-corrected chi connectivity index (χ0v) is 22.9. The molecular weight excluding hydrogens is 502 g/mol. The molecular formula is C31H30ClNO5. The Morgan fingerprint density at radius 1 is 0.895 bits per heavy atom. The third-order valence-corrected chi connectivity index (χ3v) is 7.37. The van der Waals surface area contributed by atoms with Crippen molar-refractivity contribution in [3.8, 4) is 11.5 Å². The highest BCUT2D eigenvalue weighted by molar-refractivity contribution is 6.31. The fourth-order valence-electron chi connectivity index (χ4n) is 4.84. The van der Waals surface area contributed by atoms with Crippen LogP contribution in [0, 0.1) is 20.8 Å². The average molecular weight is 532 g/mol. The van der Waals surface area contributed by atoms with Crippen LogP contribution in [0.15, 0.2) is 57.7 Å². The number of hydrogen-bond donors (Lipinski definition) is 0. The predicted octanol–water partition coefficient (Wildman–Crippen LogP) is 7.31. The second kappa shape index (κ2) is 10.2. The van der Waals surface area contributed by atoms with E-state index in [2.05, 4.69) is 0 Å². The van der Waals surface area contributed by atoms with E-state index in [9.17, 15) is 9.59 Å². The molecule has 7 heteroatoms. The molecule has 1 amide bonds. The Balaban J connectivity index is 1.77. The van der Waals surface area contributed by atoms with Gasteiger partial charge in [-0.15, -0.1) is 0 Å². The van der Waals surface area contributed by atoms with Crippen LogP contribution in [0.25, 0.3) is 11.0 Å². The molecule has 2 heterocycles. The normalized spacial score (nSPS) is 14.7. The van der Waals surface area contributed by atoms with Crippen molar-refractivity contribution < 1.29 is 18.7 Å². The van der Waals surface area contributed by atoms with Crippen molar-refractivity contribution in [2.24, 2.45) is 0 Å². The SMILES string of the molecule is CCCOc1ccc(C2c3c(oc4cc(C)c(C)cc4c3=O)C(=O)N2c2ccc(C)c(Cl)c2)cc1OCC. The van der Waals surface area contributed by atoms with Crippen molar-refractivity contribution in [2.45, 2.75) is 47.1 Å². The minimum atomic E-state index is -0.738. The van der Waals surface area contributed by atoms with E-state index < -0.39 is 11.9 Å². The Bertz CT molecular complexity index is 1620. The molecule has 0 spiro atoms. The first kappa shape index (κ1) is 25.9. The number of ether oxygens (including phenoxy) is 2. The van der Waals surface area contributed by atoms with E-state index in [1.165, 1.54) is 0 Å². The number of nitrogens with zero attached hydrogens (tertiary/aromatic N) is 1. The van der Waals surface area contributed by atoms with Gasteiger partial charge in [0.25, 0.3) is 5.91 Å². The Morgan fingerprint density at radius 2 is 1.66 bits per heavy atom. The molecule has 5 rings (SSSR count). The van der Waals surface area contributed by atoms with Crippen LogP contribution in [0.4, 0.5) is 5.69 Å². The van der Waals surface area contributed by atoms with Crippen LogP contribution in [-0.2, 0) is 0 Å². The predicted molar refractivity (Wildman–Crippen MR) is 150 cm³/mol. The summed E-state index contributed by atoms with van der Waals surface area (Å²) in [4.78, 5) is 29.5. The van der Waals surface area contributed by atoms with E-state index in [-0.39, 0.29) is 11.2 Å². The minimum Gasteiger partial charge on any atom is -0.490 e. The monoisotopic (exact) mass is 531 g/mol. The Labute approximate surface area is 226 Å². The van der Waals surface area contributed by atoms with E-state index in [1.54, 1.807) is 11.0 Å².